The van der Waals surface area contributed by atoms with Crippen molar-refractivity contribution in [2.24, 2.45) is 0 Å². The van der Waals surface area contributed by atoms with Crippen molar-refractivity contribution >= 4 is 11.3 Å². The third kappa shape index (κ3) is 3.24. The van der Waals surface area contributed by atoms with E-state index in [-0.39, 0.29) is 5.41 Å². The van der Waals surface area contributed by atoms with Crippen LogP contribution in [0.25, 0.3) is 11.3 Å². The van der Waals surface area contributed by atoms with Crippen LogP contribution in [0, 0.1) is 0 Å². The smallest absolute Gasteiger partial charge is 0.0422 e. The highest BCUT2D eigenvalue weighted by atomic mass is 14.9. The topological polar surface area (TPSA) is 12.0 Å². The molecular formula is C22H25N. The Bertz CT molecular complexity index is 758. The maximum absolute atomic E-state index is 3.63. The highest BCUT2D eigenvalue weighted by Gasteiger charge is 2.21. The zero-order valence-electron chi connectivity index (χ0n) is 14.5. The van der Waals surface area contributed by atoms with Crippen molar-refractivity contribution < 1.29 is 0 Å². The van der Waals surface area contributed by atoms with Crippen LogP contribution < -0.4 is 5.32 Å². The van der Waals surface area contributed by atoms with Crippen LogP contribution in [0.2, 0.25) is 0 Å². The Balaban J connectivity index is 2.03. The van der Waals surface area contributed by atoms with Gasteiger partial charge in [-0.3, -0.25) is 0 Å². The lowest BCUT2D eigenvalue weighted by Crippen LogP contribution is -2.23. The Morgan fingerprint density at radius 2 is 1.52 bits per heavy atom. The minimum atomic E-state index is 0.135. The Morgan fingerprint density at radius 1 is 0.870 bits per heavy atom. The van der Waals surface area contributed by atoms with Crippen molar-refractivity contribution in [3.63, 3.8) is 0 Å². The summed E-state index contributed by atoms with van der Waals surface area (Å²) in [5.74, 6) is 0. The third-order valence-corrected chi connectivity index (χ3v) is 4.44. The summed E-state index contributed by atoms with van der Waals surface area (Å²) < 4.78 is 0. The van der Waals surface area contributed by atoms with E-state index < -0.39 is 0 Å². The van der Waals surface area contributed by atoms with Crippen LogP contribution >= 0.6 is 0 Å². The van der Waals surface area contributed by atoms with Gasteiger partial charge in [0.05, 0.1) is 0 Å². The molecule has 0 fully saturated rings. The molecule has 2 aromatic rings. The monoisotopic (exact) mass is 303 g/mol. The summed E-state index contributed by atoms with van der Waals surface area (Å²) >= 11 is 0. The molecule has 1 nitrogen and oxygen atoms in total. The SMILES string of the molecule is CC1=C(c2ccccc2)CNC(c2ccccc2C(C)(C)C)=C1. The zero-order valence-corrected chi connectivity index (χ0v) is 14.5. The van der Waals surface area contributed by atoms with E-state index >= 15 is 0 Å². The lowest BCUT2D eigenvalue weighted by molar-refractivity contribution is 0.588. The molecule has 0 aromatic heterocycles. The maximum atomic E-state index is 3.63. The molecule has 0 atom stereocenters. The molecule has 0 aliphatic carbocycles. The molecule has 3 rings (SSSR count). The van der Waals surface area contributed by atoms with Crippen LogP contribution in [0.1, 0.15) is 44.4 Å². The van der Waals surface area contributed by atoms with E-state index in [1.54, 1.807) is 0 Å². The lowest BCUT2D eigenvalue weighted by Gasteiger charge is -2.27. The van der Waals surface area contributed by atoms with Crippen LogP contribution in [-0.2, 0) is 5.41 Å². The first-order valence-corrected chi connectivity index (χ1v) is 8.27. The molecule has 0 saturated carbocycles. The molecule has 0 saturated heterocycles. The molecule has 23 heavy (non-hydrogen) atoms. The van der Waals surface area contributed by atoms with E-state index in [0.29, 0.717) is 0 Å². The predicted octanol–water partition coefficient (Wildman–Crippen LogP) is 5.40. The average molecular weight is 303 g/mol. The van der Waals surface area contributed by atoms with E-state index in [9.17, 15) is 0 Å². The normalized spacial score (nSPS) is 15.2. The second-order valence-electron chi connectivity index (χ2n) is 7.23. The number of hydrogen-bond donors (Lipinski definition) is 1. The molecule has 1 aliphatic heterocycles. The zero-order chi connectivity index (χ0) is 16.4. The van der Waals surface area contributed by atoms with Crippen molar-refractivity contribution in [2.75, 3.05) is 6.54 Å². The molecule has 0 amide bonds. The summed E-state index contributed by atoms with van der Waals surface area (Å²) in [6.45, 7) is 9.90. The summed E-state index contributed by atoms with van der Waals surface area (Å²) in [6.07, 6.45) is 2.29. The standard InChI is InChI=1S/C22H25N/c1-16-14-21(18-12-8-9-13-20(18)22(2,3)4)23-15-19(16)17-10-6-5-7-11-17/h5-14,23H,15H2,1-4H3. The molecule has 1 heteroatoms. The van der Waals surface area contributed by atoms with Crippen LogP contribution in [0.15, 0.2) is 66.2 Å². The Hall–Kier alpha value is -2.28. The van der Waals surface area contributed by atoms with E-state index in [1.165, 1.54) is 33.5 Å². The molecule has 0 radical (unpaired) electrons. The van der Waals surface area contributed by atoms with Gasteiger partial charge in [-0.2, -0.15) is 0 Å². The molecule has 1 heterocycles. The molecule has 118 valence electrons. The van der Waals surface area contributed by atoms with Gasteiger partial charge in [0.2, 0.25) is 0 Å². The van der Waals surface area contributed by atoms with Crippen molar-refractivity contribution in [3.8, 4) is 0 Å². The maximum Gasteiger partial charge on any atom is 0.0422 e. The first-order chi connectivity index (χ1) is 11.0. The van der Waals surface area contributed by atoms with E-state index in [0.717, 1.165) is 6.54 Å². The van der Waals surface area contributed by atoms with Crippen LogP contribution in [0.5, 0.6) is 0 Å². The molecule has 0 unspecified atom stereocenters. The Labute approximate surface area is 139 Å². The van der Waals surface area contributed by atoms with Gasteiger partial charge in [-0.15, -0.1) is 0 Å². The molecule has 2 aromatic carbocycles. The number of dihydropyridines is 1. The van der Waals surface area contributed by atoms with Gasteiger partial charge >= 0.3 is 0 Å². The molecule has 0 bridgehead atoms. The number of benzene rings is 2. The summed E-state index contributed by atoms with van der Waals surface area (Å²) in [7, 11) is 0. The van der Waals surface area contributed by atoms with E-state index in [2.05, 4.69) is 93.7 Å². The third-order valence-electron chi connectivity index (χ3n) is 4.44. The second-order valence-corrected chi connectivity index (χ2v) is 7.23. The first kappa shape index (κ1) is 15.6. The number of nitrogens with one attached hydrogen (secondary N) is 1. The second kappa shape index (κ2) is 6.08. The molecule has 1 aliphatic rings. The summed E-state index contributed by atoms with van der Waals surface area (Å²) in [5, 5.41) is 3.63. The van der Waals surface area contributed by atoms with Gasteiger partial charge in [0.1, 0.15) is 0 Å². The number of rotatable bonds is 2. The van der Waals surface area contributed by atoms with Crippen molar-refractivity contribution in [1.82, 2.24) is 5.32 Å². The van der Waals surface area contributed by atoms with Crippen molar-refractivity contribution in [3.05, 3.63) is 82.9 Å². The fourth-order valence-electron chi connectivity index (χ4n) is 3.19. The van der Waals surface area contributed by atoms with Crippen LogP contribution in [0.3, 0.4) is 0 Å². The number of hydrogen-bond acceptors (Lipinski definition) is 1. The lowest BCUT2D eigenvalue weighted by atomic mass is 9.82. The summed E-state index contributed by atoms with van der Waals surface area (Å²) in [6, 6.07) is 19.4. The van der Waals surface area contributed by atoms with Crippen LogP contribution in [0.4, 0.5) is 0 Å². The van der Waals surface area contributed by atoms with Crippen molar-refractivity contribution in [1.29, 1.82) is 0 Å². The highest BCUT2D eigenvalue weighted by Crippen LogP contribution is 2.32. The molecule has 1 N–H and O–H groups in total. The van der Waals surface area contributed by atoms with Crippen LogP contribution in [-0.4, -0.2) is 6.54 Å². The van der Waals surface area contributed by atoms with Gasteiger partial charge in [0, 0.05) is 17.8 Å². The minimum absolute atomic E-state index is 0.135. The van der Waals surface area contributed by atoms with E-state index in [1.807, 2.05) is 0 Å². The summed E-state index contributed by atoms with van der Waals surface area (Å²) in [4.78, 5) is 0. The average Bonchev–Trinajstić information content (AvgIpc) is 2.55. The van der Waals surface area contributed by atoms with Gasteiger partial charge < -0.3 is 5.32 Å². The fraction of sp³-hybridized carbons (Fsp3) is 0.273. The predicted molar refractivity (Wildman–Crippen MR) is 100 cm³/mol. The quantitative estimate of drug-likeness (QED) is 0.783. The van der Waals surface area contributed by atoms with Gasteiger partial charge in [0.15, 0.2) is 0 Å². The van der Waals surface area contributed by atoms with Gasteiger partial charge in [0.25, 0.3) is 0 Å². The number of allylic oxidation sites excluding steroid dienone is 2. The fourth-order valence-corrected chi connectivity index (χ4v) is 3.19. The van der Waals surface area contributed by atoms with Gasteiger partial charge in [-0.1, -0.05) is 75.4 Å². The Morgan fingerprint density at radius 3 is 2.17 bits per heavy atom. The molecule has 0 spiro atoms. The molecular weight excluding hydrogens is 278 g/mol. The van der Waals surface area contributed by atoms with Crippen molar-refractivity contribution in [2.45, 2.75) is 33.1 Å². The van der Waals surface area contributed by atoms with E-state index in [4.69, 9.17) is 0 Å². The largest absolute Gasteiger partial charge is 0.380 e. The first-order valence-electron chi connectivity index (χ1n) is 8.27. The van der Waals surface area contributed by atoms with Gasteiger partial charge in [-0.05, 0) is 40.7 Å². The highest BCUT2D eigenvalue weighted by molar-refractivity contribution is 5.81. The van der Waals surface area contributed by atoms with Gasteiger partial charge in [-0.25, -0.2) is 0 Å². The minimum Gasteiger partial charge on any atom is -0.380 e. The Kier molecular flexibility index (Phi) is 4.12. The summed E-state index contributed by atoms with van der Waals surface area (Å²) in [5.41, 5.74) is 8.08.